The molecule has 7 nitrogen and oxygen atoms in total. The van der Waals surface area contributed by atoms with Gasteiger partial charge in [0, 0.05) is 29.6 Å². The largest absolute Gasteiger partial charge is 0.508 e. The highest BCUT2D eigenvalue weighted by Crippen LogP contribution is 2.39. The molecular weight excluding hydrogens is 456 g/mol. The number of fused-ring (bicyclic) bond motifs is 1. The van der Waals surface area contributed by atoms with Crippen LogP contribution in [0, 0.1) is 0 Å². The molecule has 1 amide bonds. The van der Waals surface area contributed by atoms with Gasteiger partial charge in [-0.25, -0.2) is 4.79 Å². The van der Waals surface area contributed by atoms with Gasteiger partial charge in [0.05, 0.1) is 6.61 Å². The van der Waals surface area contributed by atoms with Crippen LogP contribution >= 0.6 is 0 Å². The van der Waals surface area contributed by atoms with E-state index in [1.54, 1.807) is 32.2 Å². The molecule has 1 aliphatic rings. The molecule has 36 heavy (non-hydrogen) atoms. The Morgan fingerprint density at radius 3 is 2.78 bits per heavy atom. The zero-order chi connectivity index (χ0) is 25.5. The summed E-state index contributed by atoms with van der Waals surface area (Å²) in [6.45, 7) is 3.91. The minimum absolute atomic E-state index is 0.0875. The third-order valence-corrected chi connectivity index (χ3v) is 6.75. The monoisotopic (exact) mass is 490 g/mol. The van der Waals surface area contributed by atoms with Crippen LogP contribution in [-0.4, -0.2) is 54.7 Å². The molecule has 4 rings (SSSR count). The minimum atomic E-state index is -0.454. The molecule has 0 radical (unpaired) electrons. The van der Waals surface area contributed by atoms with Gasteiger partial charge in [0.2, 0.25) is 5.91 Å². The van der Waals surface area contributed by atoms with Gasteiger partial charge < -0.3 is 24.5 Å². The topological polar surface area (TPSA) is 92.0 Å². The van der Waals surface area contributed by atoms with E-state index in [-0.39, 0.29) is 18.3 Å². The number of aromatic hydroxyl groups is 1. The molecule has 2 aromatic carbocycles. The standard InChI is InChI=1S/C29H34N2O5/c1-3-35-29(34)27-26-22(14-9-19-31-18-8-13-21(31)12-7-15-25(33)30-2)23(32)16-17-24(26)36-28(27)20-10-5-4-6-11-20/h4-7,10-11,15-17,21,32H,3,8-9,12-14,18-19H2,1-2H3,(H,30,33)/b15-7+. The number of benzene rings is 2. The van der Waals surface area contributed by atoms with E-state index in [0.29, 0.717) is 40.3 Å². The van der Waals surface area contributed by atoms with Gasteiger partial charge in [-0.1, -0.05) is 36.4 Å². The number of furan rings is 1. The Labute approximate surface area is 211 Å². The zero-order valence-electron chi connectivity index (χ0n) is 21.0. The molecule has 1 atom stereocenters. The predicted molar refractivity (Wildman–Crippen MR) is 140 cm³/mol. The minimum Gasteiger partial charge on any atom is -0.508 e. The van der Waals surface area contributed by atoms with E-state index >= 15 is 0 Å². The number of amides is 1. The average molecular weight is 491 g/mol. The Morgan fingerprint density at radius 1 is 1.22 bits per heavy atom. The molecule has 2 N–H and O–H groups in total. The molecule has 0 aliphatic carbocycles. The number of nitrogens with zero attached hydrogens (tertiary/aromatic N) is 1. The Balaban J connectivity index is 1.57. The van der Waals surface area contributed by atoms with E-state index in [1.165, 1.54) is 0 Å². The van der Waals surface area contributed by atoms with E-state index in [9.17, 15) is 14.7 Å². The summed E-state index contributed by atoms with van der Waals surface area (Å²) < 4.78 is 11.5. The number of carbonyl (C=O) groups is 2. The Kier molecular flexibility index (Phi) is 8.44. The van der Waals surface area contributed by atoms with Gasteiger partial charge >= 0.3 is 5.97 Å². The predicted octanol–water partition coefficient (Wildman–Crippen LogP) is 5.07. The highest BCUT2D eigenvalue weighted by molar-refractivity contribution is 6.10. The van der Waals surface area contributed by atoms with E-state index < -0.39 is 5.97 Å². The summed E-state index contributed by atoms with van der Waals surface area (Å²) in [6.07, 6.45) is 8.02. The second-order valence-electron chi connectivity index (χ2n) is 9.02. The maximum Gasteiger partial charge on any atom is 0.342 e. The normalized spacial score (nSPS) is 16.1. The van der Waals surface area contributed by atoms with Crippen molar-refractivity contribution in [3.8, 4) is 17.1 Å². The third-order valence-electron chi connectivity index (χ3n) is 6.75. The van der Waals surface area contributed by atoms with Gasteiger partial charge in [-0.2, -0.15) is 0 Å². The first-order valence-electron chi connectivity index (χ1n) is 12.7. The van der Waals surface area contributed by atoms with Crippen LogP contribution in [0.4, 0.5) is 0 Å². The number of nitrogens with one attached hydrogen (secondary N) is 1. The van der Waals surface area contributed by atoms with E-state index in [1.807, 2.05) is 36.4 Å². The summed E-state index contributed by atoms with van der Waals surface area (Å²) in [5.41, 5.74) is 2.41. The molecular formula is C29H34N2O5. The molecule has 2 heterocycles. The number of hydrogen-bond donors (Lipinski definition) is 2. The number of phenols is 1. The highest BCUT2D eigenvalue weighted by Gasteiger charge is 2.27. The lowest BCUT2D eigenvalue weighted by atomic mass is 9.98. The van der Waals surface area contributed by atoms with Gasteiger partial charge in [0.1, 0.15) is 22.7 Å². The van der Waals surface area contributed by atoms with E-state index in [4.69, 9.17) is 9.15 Å². The van der Waals surface area contributed by atoms with E-state index in [2.05, 4.69) is 10.2 Å². The number of likely N-dealkylation sites (tertiary alicyclic amines) is 1. The van der Waals surface area contributed by atoms with Crippen molar-refractivity contribution in [1.82, 2.24) is 10.2 Å². The number of phenolic OH excluding ortho intramolecular Hbond substituents is 1. The van der Waals surface area contributed by atoms with Gasteiger partial charge in [-0.3, -0.25) is 4.79 Å². The second-order valence-corrected chi connectivity index (χ2v) is 9.02. The fourth-order valence-corrected chi connectivity index (χ4v) is 5.02. The molecule has 1 saturated heterocycles. The molecule has 3 aromatic rings. The summed E-state index contributed by atoms with van der Waals surface area (Å²) in [4.78, 5) is 27.0. The van der Waals surface area contributed by atoms with Crippen molar-refractivity contribution < 1.29 is 23.8 Å². The van der Waals surface area contributed by atoms with E-state index in [0.717, 1.165) is 44.3 Å². The zero-order valence-corrected chi connectivity index (χ0v) is 21.0. The number of likely N-dealkylation sites (N-methyl/N-ethyl adjacent to an activating group) is 1. The molecule has 1 unspecified atom stereocenters. The van der Waals surface area contributed by atoms with Crippen LogP contribution in [-0.2, 0) is 16.0 Å². The molecule has 190 valence electrons. The molecule has 7 heteroatoms. The Morgan fingerprint density at radius 2 is 2.03 bits per heavy atom. The van der Waals surface area contributed by atoms with Crippen LogP contribution in [0.2, 0.25) is 0 Å². The fourth-order valence-electron chi connectivity index (χ4n) is 5.02. The summed E-state index contributed by atoms with van der Waals surface area (Å²) in [7, 11) is 1.63. The van der Waals surface area contributed by atoms with Crippen LogP contribution in [0.15, 0.2) is 59.0 Å². The van der Waals surface area contributed by atoms with Crippen LogP contribution in [0.3, 0.4) is 0 Å². The lowest BCUT2D eigenvalue weighted by Gasteiger charge is -2.23. The fraction of sp³-hybridized carbons (Fsp3) is 0.379. The maximum absolute atomic E-state index is 13.1. The summed E-state index contributed by atoms with van der Waals surface area (Å²) in [5.74, 6) is 0.0679. The Bertz CT molecular complexity index is 1230. The molecule has 0 spiro atoms. The first-order valence-corrected chi connectivity index (χ1v) is 12.7. The Hall–Kier alpha value is -3.58. The van der Waals surface area contributed by atoms with Crippen LogP contribution in [0.1, 0.15) is 48.5 Å². The number of aryl methyl sites for hydroxylation is 1. The first-order chi connectivity index (χ1) is 17.5. The van der Waals surface area contributed by atoms with Crippen molar-refractivity contribution in [2.24, 2.45) is 0 Å². The molecule has 1 aromatic heterocycles. The summed E-state index contributed by atoms with van der Waals surface area (Å²) in [6, 6.07) is 13.2. The lowest BCUT2D eigenvalue weighted by Crippen LogP contribution is -2.30. The maximum atomic E-state index is 13.1. The summed E-state index contributed by atoms with van der Waals surface area (Å²) >= 11 is 0. The average Bonchev–Trinajstić information content (AvgIpc) is 3.50. The smallest absolute Gasteiger partial charge is 0.342 e. The van der Waals surface area contributed by atoms with Crippen molar-refractivity contribution in [3.63, 3.8) is 0 Å². The number of esters is 1. The molecule has 0 bridgehead atoms. The lowest BCUT2D eigenvalue weighted by molar-refractivity contribution is -0.116. The summed E-state index contributed by atoms with van der Waals surface area (Å²) in [5, 5.41) is 14.0. The number of carbonyl (C=O) groups excluding carboxylic acids is 2. The quantitative estimate of drug-likeness (QED) is 0.305. The van der Waals surface area contributed by atoms with Crippen LogP contribution in [0.5, 0.6) is 5.75 Å². The van der Waals surface area contributed by atoms with Crippen LogP contribution in [0.25, 0.3) is 22.3 Å². The van der Waals surface area contributed by atoms with Crippen molar-refractivity contribution in [1.29, 1.82) is 0 Å². The molecule has 1 aliphatic heterocycles. The van der Waals surface area contributed by atoms with Crippen LogP contribution < -0.4 is 5.32 Å². The van der Waals surface area contributed by atoms with Crippen molar-refractivity contribution in [3.05, 3.63) is 65.7 Å². The van der Waals surface area contributed by atoms with Gasteiger partial charge in [0.25, 0.3) is 0 Å². The SMILES string of the molecule is CCOC(=O)c1c(-c2ccccc2)oc2ccc(O)c(CCCN3CCCC3C/C=C/C(=O)NC)c12. The molecule has 0 saturated carbocycles. The first kappa shape index (κ1) is 25.5. The van der Waals surface area contributed by atoms with Gasteiger partial charge in [0.15, 0.2) is 0 Å². The van der Waals surface area contributed by atoms with Crippen molar-refractivity contribution in [2.75, 3.05) is 26.7 Å². The van der Waals surface area contributed by atoms with Gasteiger partial charge in [-0.15, -0.1) is 0 Å². The molecule has 1 fully saturated rings. The van der Waals surface area contributed by atoms with Gasteiger partial charge in [-0.05, 0) is 70.3 Å². The number of ether oxygens (including phenoxy) is 1. The second kappa shape index (κ2) is 11.9. The highest BCUT2D eigenvalue weighted by atomic mass is 16.5. The third kappa shape index (κ3) is 5.62. The number of hydrogen-bond acceptors (Lipinski definition) is 6. The number of rotatable bonds is 10. The van der Waals surface area contributed by atoms with Crippen molar-refractivity contribution in [2.45, 2.75) is 45.1 Å². The van der Waals surface area contributed by atoms with Crippen molar-refractivity contribution >= 4 is 22.8 Å².